The number of carbonyl (C=O) groups excluding carboxylic acids is 2. The van der Waals surface area contributed by atoms with Gasteiger partial charge in [-0.2, -0.15) is 0 Å². The highest BCUT2D eigenvalue weighted by Crippen LogP contribution is 2.30. The number of halogens is 6. The smallest absolute Gasteiger partial charge is 0.381 e. The third-order valence-corrected chi connectivity index (χ3v) is 9.62. The molecule has 12 heteroatoms. The second-order valence-electron chi connectivity index (χ2n) is 5.63. The van der Waals surface area contributed by atoms with Crippen LogP contribution in [0.3, 0.4) is 0 Å². The SMILES string of the molecule is C=C(C)C(=O)OC(CC)[Si](Cl)(Cl)Cl.C=C(C)C(=O)OC(CCC)[Si](Cl)(Cl)Cl. The molecule has 158 valence electrons. The van der Waals surface area contributed by atoms with Gasteiger partial charge >= 0.3 is 23.9 Å². The van der Waals surface area contributed by atoms with Crippen molar-refractivity contribution in [1.82, 2.24) is 0 Å². The molecular weight excluding hydrogens is 513 g/mol. The average molecular weight is 537 g/mol. The summed E-state index contributed by atoms with van der Waals surface area (Å²) in [5, 5.41) is 0. The highest BCUT2D eigenvalue weighted by atomic mass is 35.8. The molecule has 0 heterocycles. The Morgan fingerprint density at radius 2 is 1.15 bits per heavy atom. The molecule has 2 unspecified atom stereocenters. The zero-order valence-electron chi connectivity index (χ0n) is 15.6. The maximum absolute atomic E-state index is 11.2. The van der Waals surface area contributed by atoms with Crippen molar-refractivity contribution >= 4 is 90.4 Å². The van der Waals surface area contributed by atoms with Crippen LogP contribution in [0.2, 0.25) is 0 Å². The first-order chi connectivity index (χ1) is 12.1. The van der Waals surface area contributed by atoms with Gasteiger partial charge in [0.1, 0.15) is 11.5 Å². The number of ether oxygens (including phenoxy) is 2. The molecule has 0 N–H and O–H groups in total. The summed E-state index contributed by atoms with van der Waals surface area (Å²) in [6, 6.07) is -5.95. The predicted octanol–water partition coefficient (Wildman–Crippen LogP) is 6.55. The summed E-state index contributed by atoms with van der Waals surface area (Å²) in [7, 11) is 0. The normalized spacial score (nSPS) is 13.6. The Labute approximate surface area is 191 Å². The average Bonchev–Trinajstić information content (AvgIpc) is 2.49. The minimum atomic E-state index is -2.98. The summed E-state index contributed by atoms with van der Waals surface area (Å²) in [6.07, 6.45) is 1.87. The van der Waals surface area contributed by atoms with Crippen LogP contribution in [-0.2, 0) is 19.1 Å². The largest absolute Gasteiger partial charge is 0.458 e. The molecule has 0 radical (unpaired) electrons. The van der Waals surface area contributed by atoms with Crippen molar-refractivity contribution in [3.05, 3.63) is 24.3 Å². The molecule has 4 nitrogen and oxygen atoms in total. The number of hydrogen-bond acceptors (Lipinski definition) is 4. The van der Waals surface area contributed by atoms with Crippen LogP contribution < -0.4 is 0 Å². The summed E-state index contributed by atoms with van der Waals surface area (Å²) in [6.45, 7) is 13.7. The molecule has 0 aromatic rings. The Morgan fingerprint density at radius 1 is 0.815 bits per heavy atom. The van der Waals surface area contributed by atoms with E-state index in [1.807, 2.05) is 6.92 Å². The van der Waals surface area contributed by atoms with E-state index in [2.05, 4.69) is 13.2 Å². The zero-order chi connectivity index (χ0) is 22.0. The quantitative estimate of drug-likeness (QED) is 0.145. The van der Waals surface area contributed by atoms with Crippen LogP contribution in [0.5, 0.6) is 0 Å². The van der Waals surface area contributed by atoms with Crippen LogP contribution in [0.4, 0.5) is 0 Å². The van der Waals surface area contributed by atoms with Crippen molar-refractivity contribution in [2.24, 2.45) is 0 Å². The van der Waals surface area contributed by atoms with E-state index in [0.717, 1.165) is 6.42 Å². The second kappa shape index (κ2) is 13.7. The minimum absolute atomic E-state index is 0.307. The lowest BCUT2D eigenvalue weighted by atomic mass is 10.3. The number of carbonyl (C=O) groups is 2. The Kier molecular flexibility index (Phi) is 15.2. The molecule has 0 saturated heterocycles. The Bertz CT molecular complexity index is 531. The van der Waals surface area contributed by atoms with E-state index in [9.17, 15) is 9.59 Å². The lowest BCUT2D eigenvalue weighted by Crippen LogP contribution is -2.36. The van der Waals surface area contributed by atoms with Crippen molar-refractivity contribution in [1.29, 1.82) is 0 Å². The Hall–Kier alpha value is 0.594. The minimum Gasteiger partial charge on any atom is -0.458 e. The number of hydrogen-bond donors (Lipinski definition) is 0. The van der Waals surface area contributed by atoms with Gasteiger partial charge in [-0.1, -0.05) is 33.4 Å². The van der Waals surface area contributed by atoms with Crippen LogP contribution in [0.15, 0.2) is 24.3 Å². The fourth-order valence-corrected chi connectivity index (χ4v) is 6.13. The van der Waals surface area contributed by atoms with E-state index < -0.39 is 35.4 Å². The molecule has 0 aliphatic rings. The van der Waals surface area contributed by atoms with Gasteiger partial charge in [-0.05, 0) is 26.7 Å². The van der Waals surface area contributed by atoms with Crippen molar-refractivity contribution in [3.63, 3.8) is 0 Å². The van der Waals surface area contributed by atoms with Gasteiger partial charge in [0.25, 0.3) is 0 Å². The highest BCUT2D eigenvalue weighted by molar-refractivity contribution is 7.65. The molecule has 0 amide bonds. The molecule has 0 aliphatic carbocycles. The van der Waals surface area contributed by atoms with E-state index in [-0.39, 0.29) is 0 Å². The van der Waals surface area contributed by atoms with Crippen LogP contribution in [0.1, 0.15) is 47.0 Å². The Morgan fingerprint density at radius 3 is 1.37 bits per heavy atom. The van der Waals surface area contributed by atoms with Gasteiger partial charge in [0.2, 0.25) is 0 Å². The van der Waals surface area contributed by atoms with Crippen molar-refractivity contribution in [2.75, 3.05) is 0 Å². The number of esters is 2. The lowest BCUT2D eigenvalue weighted by Gasteiger charge is -2.21. The van der Waals surface area contributed by atoms with Gasteiger partial charge in [-0.25, -0.2) is 9.59 Å². The number of rotatable bonds is 9. The molecule has 0 saturated carbocycles. The molecule has 0 rings (SSSR count). The molecule has 0 spiro atoms. The second-order valence-corrected chi connectivity index (χ2v) is 23.3. The van der Waals surface area contributed by atoms with E-state index in [0.29, 0.717) is 24.0 Å². The maximum atomic E-state index is 11.2. The van der Waals surface area contributed by atoms with Crippen LogP contribution in [0, 0.1) is 0 Å². The van der Waals surface area contributed by atoms with Crippen molar-refractivity contribution in [3.8, 4) is 0 Å². The van der Waals surface area contributed by atoms with Gasteiger partial charge in [-0.15, -0.1) is 66.5 Å². The van der Waals surface area contributed by atoms with Crippen LogP contribution in [0.25, 0.3) is 0 Å². The summed E-state index contributed by atoms with van der Waals surface area (Å²) in [5.41, 5.74) is -0.556. The molecule has 0 aromatic heterocycles. The zero-order valence-corrected chi connectivity index (χ0v) is 22.1. The van der Waals surface area contributed by atoms with Crippen molar-refractivity contribution in [2.45, 2.75) is 58.4 Å². The third-order valence-electron chi connectivity index (χ3n) is 2.85. The first-order valence-corrected chi connectivity index (χ1v) is 18.2. The van der Waals surface area contributed by atoms with Gasteiger partial charge in [0.05, 0.1) is 0 Å². The van der Waals surface area contributed by atoms with Gasteiger partial charge in [-0.3, -0.25) is 0 Å². The van der Waals surface area contributed by atoms with Crippen molar-refractivity contribution < 1.29 is 19.1 Å². The molecule has 0 bridgehead atoms. The molecule has 27 heavy (non-hydrogen) atoms. The molecule has 0 fully saturated rings. The first-order valence-electron chi connectivity index (χ1n) is 7.94. The topological polar surface area (TPSA) is 52.6 Å². The predicted molar refractivity (Wildman–Crippen MR) is 121 cm³/mol. The maximum Gasteiger partial charge on any atom is 0.381 e. The van der Waals surface area contributed by atoms with Gasteiger partial charge < -0.3 is 9.47 Å². The summed E-state index contributed by atoms with van der Waals surface area (Å²) in [5.74, 6) is -1.01. The Balaban J connectivity index is 0. The molecule has 0 aliphatic heterocycles. The first kappa shape index (κ1) is 29.8. The monoisotopic (exact) mass is 534 g/mol. The fraction of sp³-hybridized carbons (Fsp3) is 0.600. The summed E-state index contributed by atoms with van der Waals surface area (Å²) in [4.78, 5) is 22.3. The van der Waals surface area contributed by atoms with Crippen LogP contribution in [-0.4, -0.2) is 35.4 Å². The molecular formula is C15H24Cl6O4Si2. The van der Waals surface area contributed by atoms with E-state index >= 15 is 0 Å². The van der Waals surface area contributed by atoms with Gasteiger partial charge in [0.15, 0.2) is 0 Å². The summed E-state index contributed by atoms with van der Waals surface area (Å²) >= 11 is 34.5. The molecule has 0 aromatic carbocycles. The third kappa shape index (κ3) is 14.3. The highest BCUT2D eigenvalue weighted by Gasteiger charge is 2.40. The van der Waals surface area contributed by atoms with E-state index in [1.54, 1.807) is 20.8 Å². The van der Waals surface area contributed by atoms with E-state index in [4.69, 9.17) is 75.9 Å². The van der Waals surface area contributed by atoms with Crippen LogP contribution >= 0.6 is 66.5 Å². The summed E-state index contributed by atoms with van der Waals surface area (Å²) < 4.78 is 10.00. The molecule has 2 atom stereocenters. The van der Waals surface area contributed by atoms with Gasteiger partial charge in [0, 0.05) is 11.1 Å². The fourth-order valence-electron chi connectivity index (χ4n) is 1.39. The lowest BCUT2D eigenvalue weighted by molar-refractivity contribution is -0.141. The standard InChI is InChI=1S/C8H13Cl3O2Si.C7H11Cl3O2Si/c1-4-5-7(14(9,10)11)13-8(12)6(2)3;1-4-6(13(8,9)10)12-7(11)5(2)3/h7H,2,4-5H2,1,3H3;6H,2,4H2,1,3H3. The van der Waals surface area contributed by atoms with E-state index in [1.165, 1.54) is 0 Å².